The van der Waals surface area contributed by atoms with Crippen molar-refractivity contribution >= 4 is 17.5 Å². The largest absolute Gasteiger partial charge is 0.479 e. The van der Waals surface area contributed by atoms with Gasteiger partial charge in [0.05, 0.1) is 5.02 Å². The number of carbonyl (C=O) groups excluding carboxylic acids is 1. The van der Waals surface area contributed by atoms with E-state index < -0.39 is 11.9 Å². The summed E-state index contributed by atoms with van der Waals surface area (Å²) in [6.45, 7) is 7.28. The normalized spacial score (nSPS) is 17.1. The third-order valence-electron chi connectivity index (χ3n) is 4.15. The third kappa shape index (κ3) is 5.08. The zero-order valence-corrected chi connectivity index (χ0v) is 14.4. The lowest BCUT2D eigenvalue weighted by molar-refractivity contribution is -0.139. The van der Waals surface area contributed by atoms with E-state index in [0.29, 0.717) is 11.7 Å². The molecule has 128 valence electrons. The number of likely N-dealkylation sites (tertiary alicyclic amines) is 1. The molecular weight excluding hydrogens is 319 g/mol. The molecular formula is C17H24ClFN2O2. The average molecular weight is 343 g/mol. The van der Waals surface area contributed by atoms with Crippen LogP contribution in [-0.2, 0) is 4.79 Å². The smallest absolute Gasteiger partial charge is 0.263 e. The Bertz CT molecular complexity index is 533. The molecule has 0 aliphatic carbocycles. The number of hydrogen-bond acceptors (Lipinski definition) is 3. The molecule has 0 spiro atoms. The first-order chi connectivity index (χ1) is 11.0. The number of nitrogens with zero attached hydrogens (tertiary/aromatic N) is 1. The molecule has 1 aliphatic rings. The van der Waals surface area contributed by atoms with Gasteiger partial charge in [-0.3, -0.25) is 4.79 Å². The zero-order chi connectivity index (χ0) is 16.8. The third-order valence-corrected chi connectivity index (χ3v) is 4.45. The Labute approximate surface area is 141 Å². The van der Waals surface area contributed by atoms with Crippen LogP contribution in [0.3, 0.4) is 0 Å². The summed E-state index contributed by atoms with van der Waals surface area (Å²) in [5, 5.41) is 3.53. The van der Waals surface area contributed by atoms with Gasteiger partial charge in [0.15, 0.2) is 6.10 Å². The molecule has 1 fully saturated rings. The summed E-state index contributed by atoms with van der Waals surface area (Å²) in [6, 6.07) is 3.90. The highest BCUT2D eigenvalue weighted by atomic mass is 35.5. The summed E-state index contributed by atoms with van der Waals surface area (Å²) < 4.78 is 18.6. The van der Waals surface area contributed by atoms with Crippen molar-refractivity contribution in [1.29, 1.82) is 0 Å². The molecule has 1 amide bonds. The predicted octanol–water partition coefficient (Wildman–Crippen LogP) is 3.09. The standard InChI is InChI=1S/C17H24ClFN2O2/c1-3-20-11-13-6-8-21(9-7-13)17(22)12(2)23-16-5-4-14(19)10-15(16)18/h4-5,10,12-13,20H,3,6-9,11H2,1-2H3. The molecule has 1 unspecified atom stereocenters. The fraction of sp³-hybridized carbons (Fsp3) is 0.588. The fourth-order valence-electron chi connectivity index (χ4n) is 2.77. The Kier molecular flexibility index (Phi) is 6.66. The summed E-state index contributed by atoms with van der Waals surface area (Å²) in [7, 11) is 0. The minimum Gasteiger partial charge on any atom is -0.479 e. The second-order valence-corrected chi connectivity index (χ2v) is 6.32. The van der Waals surface area contributed by atoms with Gasteiger partial charge in [0, 0.05) is 13.1 Å². The molecule has 1 saturated heterocycles. The summed E-state index contributed by atoms with van der Waals surface area (Å²) in [4.78, 5) is 14.3. The Morgan fingerprint density at radius 3 is 2.78 bits per heavy atom. The topological polar surface area (TPSA) is 41.6 Å². The number of rotatable bonds is 6. The van der Waals surface area contributed by atoms with Gasteiger partial charge in [-0.05, 0) is 57.0 Å². The maximum atomic E-state index is 13.0. The number of carbonyl (C=O) groups is 1. The van der Waals surface area contributed by atoms with Crippen molar-refractivity contribution in [2.45, 2.75) is 32.8 Å². The SMILES string of the molecule is CCNCC1CCN(C(=O)C(C)Oc2ccc(F)cc2Cl)CC1. The summed E-state index contributed by atoms with van der Waals surface area (Å²) in [6.07, 6.45) is 1.37. The van der Waals surface area contributed by atoms with E-state index in [9.17, 15) is 9.18 Å². The van der Waals surface area contributed by atoms with Crippen molar-refractivity contribution in [3.63, 3.8) is 0 Å². The average Bonchev–Trinajstić information content (AvgIpc) is 2.55. The van der Waals surface area contributed by atoms with E-state index in [1.807, 2.05) is 4.90 Å². The van der Waals surface area contributed by atoms with Crippen LogP contribution in [0.15, 0.2) is 18.2 Å². The maximum Gasteiger partial charge on any atom is 0.263 e. The van der Waals surface area contributed by atoms with Gasteiger partial charge in [-0.2, -0.15) is 0 Å². The van der Waals surface area contributed by atoms with Crippen LogP contribution in [-0.4, -0.2) is 43.1 Å². The van der Waals surface area contributed by atoms with Crippen molar-refractivity contribution in [2.24, 2.45) is 5.92 Å². The van der Waals surface area contributed by atoms with E-state index in [1.165, 1.54) is 18.2 Å². The molecule has 1 atom stereocenters. The van der Waals surface area contributed by atoms with Crippen LogP contribution in [0.1, 0.15) is 26.7 Å². The molecule has 1 aliphatic heterocycles. The minimum absolute atomic E-state index is 0.0488. The van der Waals surface area contributed by atoms with Gasteiger partial charge < -0.3 is 15.0 Å². The lowest BCUT2D eigenvalue weighted by Crippen LogP contribution is -2.45. The zero-order valence-electron chi connectivity index (χ0n) is 13.6. The van der Waals surface area contributed by atoms with Gasteiger partial charge >= 0.3 is 0 Å². The Morgan fingerprint density at radius 2 is 2.17 bits per heavy atom. The first-order valence-corrected chi connectivity index (χ1v) is 8.50. The summed E-state index contributed by atoms with van der Waals surface area (Å²) in [5.74, 6) is 0.481. The first kappa shape index (κ1) is 18.0. The summed E-state index contributed by atoms with van der Waals surface area (Å²) >= 11 is 5.93. The van der Waals surface area contributed by atoms with Crippen LogP contribution in [0.2, 0.25) is 5.02 Å². The highest BCUT2D eigenvalue weighted by Crippen LogP contribution is 2.26. The predicted molar refractivity (Wildman–Crippen MR) is 89.3 cm³/mol. The fourth-order valence-corrected chi connectivity index (χ4v) is 2.99. The van der Waals surface area contributed by atoms with Crippen LogP contribution in [0.4, 0.5) is 4.39 Å². The number of amides is 1. The van der Waals surface area contributed by atoms with Gasteiger partial charge in [-0.15, -0.1) is 0 Å². The number of ether oxygens (including phenoxy) is 1. The molecule has 1 heterocycles. The lowest BCUT2D eigenvalue weighted by Gasteiger charge is -2.33. The molecule has 0 bridgehead atoms. The van der Waals surface area contributed by atoms with Gasteiger partial charge in [0.25, 0.3) is 5.91 Å². The van der Waals surface area contributed by atoms with Crippen LogP contribution in [0.5, 0.6) is 5.75 Å². The molecule has 4 nitrogen and oxygen atoms in total. The Balaban J connectivity index is 1.85. The van der Waals surface area contributed by atoms with Crippen LogP contribution < -0.4 is 10.1 Å². The van der Waals surface area contributed by atoms with Crippen molar-refractivity contribution in [3.05, 3.63) is 29.0 Å². The van der Waals surface area contributed by atoms with Crippen LogP contribution in [0, 0.1) is 11.7 Å². The highest BCUT2D eigenvalue weighted by molar-refractivity contribution is 6.32. The van der Waals surface area contributed by atoms with E-state index >= 15 is 0 Å². The van der Waals surface area contributed by atoms with Gasteiger partial charge in [-0.25, -0.2) is 4.39 Å². The molecule has 6 heteroatoms. The quantitative estimate of drug-likeness (QED) is 0.863. The number of piperidine rings is 1. The molecule has 0 saturated carbocycles. The molecule has 1 aromatic carbocycles. The van der Waals surface area contributed by atoms with Gasteiger partial charge in [0.2, 0.25) is 0 Å². The number of nitrogens with one attached hydrogen (secondary N) is 1. The van der Waals surface area contributed by atoms with E-state index in [2.05, 4.69) is 12.2 Å². The monoisotopic (exact) mass is 342 g/mol. The van der Waals surface area contributed by atoms with Crippen molar-refractivity contribution in [3.8, 4) is 5.75 Å². The molecule has 23 heavy (non-hydrogen) atoms. The van der Waals surface area contributed by atoms with E-state index in [0.717, 1.165) is 39.0 Å². The van der Waals surface area contributed by atoms with Crippen LogP contribution >= 0.6 is 11.6 Å². The molecule has 1 N–H and O–H groups in total. The molecule has 1 aromatic rings. The second kappa shape index (κ2) is 8.50. The first-order valence-electron chi connectivity index (χ1n) is 8.12. The van der Waals surface area contributed by atoms with Gasteiger partial charge in [-0.1, -0.05) is 18.5 Å². The Hall–Kier alpha value is -1.33. The van der Waals surface area contributed by atoms with Crippen molar-refractivity contribution in [1.82, 2.24) is 10.2 Å². The molecule has 0 radical (unpaired) electrons. The highest BCUT2D eigenvalue weighted by Gasteiger charge is 2.27. The number of hydrogen-bond donors (Lipinski definition) is 1. The lowest BCUT2D eigenvalue weighted by atomic mass is 9.96. The maximum absolute atomic E-state index is 13.0. The van der Waals surface area contributed by atoms with E-state index in [-0.39, 0.29) is 10.9 Å². The van der Waals surface area contributed by atoms with E-state index in [1.54, 1.807) is 6.92 Å². The molecule has 0 aromatic heterocycles. The second-order valence-electron chi connectivity index (χ2n) is 5.91. The van der Waals surface area contributed by atoms with Crippen LogP contribution in [0.25, 0.3) is 0 Å². The number of halogens is 2. The number of benzene rings is 1. The van der Waals surface area contributed by atoms with Crippen molar-refractivity contribution in [2.75, 3.05) is 26.2 Å². The van der Waals surface area contributed by atoms with Crippen molar-refractivity contribution < 1.29 is 13.9 Å². The Morgan fingerprint density at radius 1 is 1.48 bits per heavy atom. The van der Waals surface area contributed by atoms with E-state index in [4.69, 9.17) is 16.3 Å². The minimum atomic E-state index is -0.636. The summed E-state index contributed by atoms with van der Waals surface area (Å²) in [5.41, 5.74) is 0. The van der Waals surface area contributed by atoms with Gasteiger partial charge in [0.1, 0.15) is 11.6 Å². The molecule has 2 rings (SSSR count).